The molecule has 11 rings (SSSR count). The van der Waals surface area contributed by atoms with E-state index in [9.17, 15) is 0 Å². The lowest BCUT2D eigenvalue weighted by Gasteiger charge is -2.22. The normalized spacial score (nSPS) is 18.4. The summed E-state index contributed by atoms with van der Waals surface area (Å²) in [4.78, 5) is 20.0. The Balaban J connectivity index is 1.13. The van der Waals surface area contributed by atoms with Crippen LogP contribution in [0.4, 0.5) is 0 Å². The number of hydrogen-bond donors (Lipinski definition) is 0. The lowest BCUT2D eigenvalue weighted by Crippen LogP contribution is -2.23. The van der Waals surface area contributed by atoms with E-state index in [-0.39, 0.29) is 5.92 Å². The van der Waals surface area contributed by atoms with Gasteiger partial charge in [-0.3, -0.25) is 15.0 Å². The first-order valence-corrected chi connectivity index (χ1v) is 17.0. The Morgan fingerprint density at radius 3 is 2.32 bits per heavy atom. The van der Waals surface area contributed by atoms with Gasteiger partial charge in [0.15, 0.2) is 11.4 Å². The zero-order chi connectivity index (χ0) is 32.8. The Hall–Kier alpha value is -6.46. The van der Waals surface area contributed by atoms with E-state index in [2.05, 4.69) is 119 Å². The second-order valence-electron chi connectivity index (χ2n) is 13.4. The molecule has 6 aromatic carbocycles. The summed E-state index contributed by atoms with van der Waals surface area (Å²) in [6, 6.07) is 45.0. The van der Waals surface area contributed by atoms with Gasteiger partial charge < -0.3 is 4.42 Å². The van der Waals surface area contributed by atoms with Crippen LogP contribution in [0.15, 0.2) is 167 Å². The van der Waals surface area contributed by atoms with Crippen molar-refractivity contribution < 1.29 is 4.42 Å². The fourth-order valence-electron chi connectivity index (χ4n) is 8.29. The molecule has 2 aliphatic rings. The smallest absolute Gasteiger partial charge is 0.155 e. The minimum Gasteiger partial charge on any atom is -0.454 e. The van der Waals surface area contributed by atoms with Crippen molar-refractivity contribution >= 4 is 65.8 Å². The number of hydrogen-bond acceptors (Lipinski definition) is 5. The van der Waals surface area contributed by atoms with E-state index in [1.165, 1.54) is 32.5 Å². The molecule has 1 aliphatic carbocycles. The lowest BCUT2D eigenvalue weighted by atomic mass is 9.89. The predicted molar refractivity (Wildman–Crippen MR) is 203 cm³/mol. The Bertz CT molecular complexity index is 2920. The SMILES string of the molecule is c1ccc(C2=NC3(c4cncc5oc6ccccc6c45)CC3C(c3cccc(-c4cc5ccncc5c5ccc6ccccc6c45)c3)=N2)cc1. The fraction of sp³-hybridized carbons (Fsp3) is 0.0667. The highest BCUT2D eigenvalue weighted by molar-refractivity contribution is 6.23. The van der Waals surface area contributed by atoms with Gasteiger partial charge in [0.25, 0.3) is 0 Å². The average Bonchev–Trinajstić information content (AvgIpc) is 3.82. The van der Waals surface area contributed by atoms with E-state index in [1.54, 1.807) is 0 Å². The number of amidine groups is 1. The van der Waals surface area contributed by atoms with Crippen LogP contribution in [0.25, 0.3) is 65.4 Å². The van der Waals surface area contributed by atoms with Gasteiger partial charge in [-0.25, -0.2) is 4.99 Å². The van der Waals surface area contributed by atoms with Gasteiger partial charge in [0.1, 0.15) is 5.58 Å². The molecule has 0 radical (unpaired) electrons. The summed E-state index contributed by atoms with van der Waals surface area (Å²) in [5, 5.41) is 9.41. The van der Waals surface area contributed by atoms with E-state index >= 15 is 0 Å². The third-order valence-electron chi connectivity index (χ3n) is 10.7. The summed E-state index contributed by atoms with van der Waals surface area (Å²) >= 11 is 0. The minimum absolute atomic E-state index is 0.103. The third kappa shape index (κ3) is 3.95. The molecule has 0 bridgehead atoms. The van der Waals surface area contributed by atoms with Gasteiger partial charge in [-0.2, -0.15) is 0 Å². The standard InChI is InChI=1S/C45H28N4O/c1-2-10-28(11-3-1)44-48-43(37-23-45(37,49-44)38-25-47-26-40-42(38)34-15-6-7-16-39(34)50-40)31-13-8-12-29(21-31)35-22-30-19-20-46-24-36(30)33-18-17-27-9-4-5-14-32(27)41(33)35/h1-22,24-26,37H,23H2. The number of aromatic nitrogens is 2. The second kappa shape index (κ2) is 10.3. The zero-order valence-electron chi connectivity index (χ0n) is 26.9. The molecule has 4 heterocycles. The van der Waals surface area contributed by atoms with E-state index in [0.29, 0.717) is 0 Å². The van der Waals surface area contributed by atoms with E-state index < -0.39 is 5.54 Å². The van der Waals surface area contributed by atoms with Gasteiger partial charge in [-0.15, -0.1) is 0 Å². The van der Waals surface area contributed by atoms with Crippen LogP contribution >= 0.6 is 0 Å². The molecule has 5 nitrogen and oxygen atoms in total. The fourth-order valence-corrected chi connectivity index (χ4v) is 8.29. The molecule has 50 heavy (non-hydrogen) atoms. The molecular weight excluding hydrogens is 613 g/mol. The molecule has 1 aliphatic heterocycles. The first kappa shape index (κ1) is 27.5. The molecule has 1 saturated carbocycles. The summed E-state index contributed by atoms with van der Waals surface area (Å²) in [6.45, 7) is 0. The predicted octanol–water partition coefficient (Wildman–Crippen LogP) is 10.7. The highest BCUT2D eigenvalue weighted by Gasteiger charge is 2.61. The van der Waals surface area contributed by atoms with Crippen LogP contribution in [0.3, 0.4) is 0 Å². The molecular formula is C45H28N4O. The van der Waals surface area contributed by atoms with Crippen LogP contribution in [0.2, 0.25) is 0 Å². The molecule has 234 valence electrons. The quantitative estimate of drug-likeness (QED) is 0.180. The van der Waals surface area contributed by atoms with Crippen molar-refractivity contribution in [2.45, 2.75) is 12.0 Å². The lowest BCUT2D eigenvalue weighted by molar-refractivity contribution is 0.662. The number of furan rings is 1. The highest BCUT2D eigenvalue weighted by Crippen LogP contribution is 2.61. The molecule has 0 spiro atoms. The maximum atomic E-state index is 6.29. The Labute approximate surface area is 287 Å². The third-order valence-corrected chi connectivity index (χ3v) is 10.7. The van der Waals surface area contributed by atoms with Crippen molar-refractivity contribution in [3.8, 4) is 11.1 Å². The first-order chi connectivity index (χ1) is 24.7. The monoisotopic (exact) mass is 640 g/mol. The molecule has 0 amide bonds. The highest BCUT2D eigenvalue weighted by atomic mass is 16.3. The summed E-state index contributed by atoms with van der Waals surface area (Å²) in [6.07, 6.45) is 8.53. The molecule has 0 saturated heterocycles. The Morgan fingerprint density at radius 2 is 1.38 bits per heavy atom. The van der Waals surface area contributed by atoms with Crippen molar-refractivity contribution in [2.24, 2.45) is 15.9 Å². The van der Waals surface area contributed by atoms with Crippen molar-refractivity contribution in [3.05, 3.63) is 169 Å². The topological polar surface area (TPSA) is 63.6 Å². The molecule has 2 unspecified atom stereocenters. The van der Waals surface area contributed by atoms with Gasteiger partial charge in [0, 0.05) is 51.8 Å². The summed E-state index contributed by atoms with van der Waals surface area (Å²) in [5.74, 6) is 0.853. The number of aliphatic imine (C=N–C) groups is 2. The number of para-hydroxylation sites is 1. The molecule has 2 atom stereocenters. The summed E-state index contributed by atoms with van der Waals surface area (Å²) in [7, 11) is 0. The number of nitrogens with zero attached hydrogens (tertiary/aromatic N) is 4. The molecule has 0 N–H and O–H groups in total. The number of fused-ring (bicyclic) bond motifs is 9. The Kier molecular flexibility index (Phi) is 5.65. The maximum Gasteiger partial charge on any atom is 0.155 e. The molecule has 9 aromatic rings. The van der Waals surface area contributed by atoms with Crippen LogP contribution in [-0.2, 0) is 5.54 Å². The van der Waals surface area contributed by atoms with Gasteiger partial charge in [0.05, 0.1) is 17.4 Å². The van der Waals surface area contributed by atoms with Crippen molar-refractivity contribution in [2.75, 3.05) is 0 Å². The Morgan fingerprint density at radius 1 is 0.560 bits per heavy atom. The van der Waals surface area contributed by atoms with Gasteiger partial charge in [-0.05, 0) is 74.3 Å². The van der Waals surface area contributed by atoms with Gasteiger partial charge in [-0.1, -0.05) is 103 Å². The molecule has 5 heteroatoms. The van der Waals surface area contributed by atoms with Crippen molar-refractivity contribution in [3.63, 3.8) is 0 Å². The van der Waals surface area contributed by atoms with Crippen molar-refractivity contribution in [1.82, 2.24) is 9.97 Å². The van der Waals surface area contributed by atoms with Crippen LogP contribution < -0.4 is 0 Å². The second-order valence-corrected chi connectivity index (χ2v) is 13.4. The summed E-state index contributed by atoms with van der Waals surface area (Å²) in [5.41, 5.74) is 7.79. The van der Waals surface area contributed by atoms with Crippen LogP contribution in [0.5, 0.6) is 0 Å². The minimum atomic E-state index is -0.490. The number of rotatable bonds is 4. The van der Waals surface area contributed by atoms with Crippen molar-refractivity contribution in [1.29, 1.82) is 0 Å². The number of benzene rings is 6. The largest absolute Gasteiger partial charge is 0.454 e. The van der Waals surface area contributed by atoms with Gasteiger partial charge >= 0.3 is 0 Å². The van der Waals surface area contributed by atoms with E-state index in [0.717, 1.165) is 67.5 Å². The summed E-state index contributed by atoms with van der Waals surface area (Å²) < 4.78 is 6.29. The maximum absolute atomic E-state index is 6.29. The van der Waals surface area contributed by atoms with Crippen LogP contribution in [-0.4, -0.2) is 21.5 Å². The molecule has 3 aromatic heterocycles. The van der Waals surface area contributed by atoms with E-state index in [4.69, 9.17) is 14.4 Å². The molecule has 1 fully saturated rings. The zero-order valence-corrected chi connectivity index (χ0v) is 26.9. The first-order valence-electron chi connectivity index (χ1n) is 17.0. The van der Waals surface area contributed by atoms with Crippen LogP contribution in [0.1, 0.15) is 23.1 Å². The van der Waals surface area contributed by atoms with Crippen LogP contribution in [0, 0.1) is 5.92 Å². The van der Waals surface area contributed by atoms with E-state index in [1.807, 2.05) is 43.0 Å². The number of pyridine rings is 2. The van der Waals surface area contributed by atoms with Gasteiger partial charge in [0.2, 0.25) is 0 Å². The average molecular weight is 641 g/mol.